The number of anilines is 2. The van der Waals surface area contributed by atoms with E-state index in [0.717, 1.165) is 5.56 Å². The topological polar surface area (TPSA) is 89.6 Å². The molecule has 1 aliphatic heterocycles. The van der Waals surface area contributed by atoms with Crippen molar-refractivity contribution in [2.75, 3.05) is 17.4 Å². The molecule has 0 spiro atoms. The molecule has 2 heterocycles. The minimum Gasteiger partial charge on any atom is -0.454 e. The molecule has 0 aliphatic carbocycles. The van der Waals surface area contributed by atoms with E-state index < -0.39 is 0 Å². The Hall–Kier alpha value is -3.87. The van der Waals surface area contributed by atoms with E-state index in [1.807, 2.05) is 31.2 Å². The Balaban J connectivity index is 1.47. The van der Waals surface area contributed by atoms with Gasteiger partial charge in [-0.3, -0.25) is 14.6 Å². The van der Waals surface area contributed by atoms with Crippen LogP contribution in [0.5, 0.6) is 11.5 Å². The van der Waals surface area contributed by atoms with Crippen LogP contribution < -0.4 is 20.1 Å². The number of benzene rings is 2. The van der Waals surface area contributed by atoms with Gasteiger partial charge in [-0.1, -0.05) is 17.7 Å². The second-order valence-electron chi connectivity index (χ2n) is 6.30. The monoisotopic (exact) mass is 375 g/mol. The molecular formula is C21H17N3O4. The Bertz CT molecular complexity index is 1050. The van der Waals surface area contributed by atoms with E-state index >= 15 is 0 Å². The van der Waals surface area contributed by atoms with Crippen molar-refractivity contribution >= 4 is 23.2 Å². The molecule has 0 fully saturated rings. The predicted molar refractivity (Wildman–Crippen MR) is 104 cm³/mol. The van der Waals surface area contributed by atoms with E-state index in [2.05, 4.69) is 15.6 Å². The van der Waals surface area contributed by atoms with E-state index in [9.17, 15) is 9.59 Å². The van der Waals surface area contributed by atoms with E-state index in [1.54, 1.807) is 18.2 Å². The Morgan fingerprint density at radius 1 is 0.821 bits per heavy atom. The van der Waals surface area contributed by atoms with Crippen LogP contribution in [0, 0.1) is 6.92 Å². The lowest BCUT2D eigenvalue weighted by atomic mass is 10.1. The van der Waals surface area contributed by atoms with Gasteiger partial charge in [-0.15, -0.1) is 0 Å². The number of nitrogens with one attached hydrogen (secondary N) is 2. The highest BCUT2D eigenvalue weighted by Gasteiger charge is 2.16. The number of nitrogens with zero attached hydrogens (tertiary/aromatic N) is 1. The molecule has 28 heavy (non-hydrogen) atoms. The zero-order chi connectivity index (χ0) is 19.5. The van der Waals surface area contributed by atoms with Crippen LogP contribution in [-0.4, -0.2) is 23.6 Å². The fraction of sp³-hybridized carbons (Fsp3) is 0.0952. The van der Waals surface area contributed by atoms with Crippen LogP contribution in [0.2, 0.25) is 0 Å². The number of ether oxygens (including phenoxy) is 2. The van der Waals surface area contributed by atoms with Crippen LogP contribution in [0.1, 0.15) is 26.3 Å². The Morgan fingerprint density at radius 2 is 1.43 bits per heavy atom. The van der Waals surface area contributed by atoms with Crippen LogP contribution in [0.15, 0.2) is 60.9 Å². The van der Waals surface area contributed by atoms with E-state index in [1.165, 1.54) is 18.5 Å². The maximum Gasteiger partial charge on any atom is 0.257 e. The fourth-order valence-electron chi connectivity index (χ4n) is 2.71. The highest BCUT2D eigenvalue weighted by atomic mass is 16.7. The number of carbonyl (C=O) groups excluding carboxylic acids is 2. The molecule has 0 saturated carbocycles. The summed E-state index contributed by atoms with van der Waals surface area (Å²) < 4.78 is 10.6. The lowest BCUT2D eigenvalue weighted by Crippen LogP contribution is -2.16. The molecule has 7 nitrogen and oxygen atoms in total. The molecule has 0 atom stereocenters. The maximum atomic E-state index is 12.5. The molecule has 2 aromatic carbocycles. The molecule has 1 aromatic heterocycles. The second-order valence-corrected chi connectivity index (χ2v) is 6.30. The number of aromatic nitrogens is 1. The van der Waals surface area contributed by atoms with E-state index in [-0.39, 0.29) is 24.2 Å². The number of aryl methyl sites for hydroxylation is 1. The second kappa shape index (κ2) is 7.40. The molecule has 3 aromatic rings. The number of rotatable bonds is 4. The largest absolute Gasteiger partial charge is 0.454 e. The van der Waals surface area contributed by atoms with Crippen molar-refractivity contribution in [1.29, 1.82) is 0 Å². The minimum atomic E-state index is -0.378. The van der Waals surface area contributed by atoms with Gasteiger partial charge in [-0.05, 0) is 37.3 Å². The summed E-state index contributed by atoms with van der Waals surface area (Å²) in [6.45, 7) is 2.13. The van der Waals surface area contributed by atoms with Gasteiger partial charge in [0.15, 0.2) is 11.5 Å². The Labute approximate surface area is 161 Å². The fourth-order valence-corrected chi connectivity index (χ4v) is 2.71. The average molecular weight is 375 g/mol. The first-order valence-electron chi connectivity index (χ1n) is 8.62. The number of hydrogen-bond acceptors (Lipinski definition) is 5. The number of amides is 2. The van der Waals surface area contributed by atoms with Gasteiger partial charge in [0.2, 0.25) is 6.79 Å². The van der Waals surface area contributed by atoms with E-state index in [0.29, 0.717) is 28.4 Å². The van der Waals surface area contributed by atoms with Gasteiger partial charge in [0.05, 0.1) is 11.1 Å². The Morgan fingerprint density at radius 3 is 2.14 bits per heavy atom. The van der Waals surface area contributed by atoms with Gasteiger partial charge >= 0.3 is 0 Å². The summed E-state index contributed by atoms with van der Waals surface area (Å²) in [6, 6.07) is 14.1. The molecule has 0 saturated heterocycles. The van der Waals surface area contributed by atoms with Crippen molar-refractivity contribution in [3.05, 3.63) is 77.6 Å². The molecular weight excluding hydrogens is 358 g/mol. The number of pyridine rings is 1. The summed E-state index contributed by atoms with van der Waals surface area (Å²) in [5, 5.41) is 5.55. The third-order valence-corrected chi connectivity index (χ3v) is 4.20. The SMILES string of the molecule is Cc1ccc(NC(=O)c2cncc(C(=O)Nc3ccc4c(c3)OCO4)c2)cc1. The first-order valence-corrected chi connectivity index (χ1v) is 8.62. The normalized spacial score (nSPS) is 11.8. The molecule has 0 bridgehead atoms. The van der Waals surface area contributed by atoms with Crippen molar-refractivity contribution in [2.24, 2.45) is 0 Å². The molecule has 0 unspecified atom stereocenters. The standard InChI is InChI=1S/C21H17N3O4/c1-13-2-4-16(5-3-13)23-20(25)14-8-15(11-22-10-14)21(26)24-17-6-7-18-19(9-17)28-12-27-18/h2-11H,12H2,1H3,(H,23,25)(H,24,26). The summed E-state index contributed by atoms with van der Waals surface area (Å²) in [4.78, 5) is 29.0. The Kier molecular flexibility index (Phi) is 4.63. The lowest BCUT2D eigenvalue weighted by Gasteiger charge is -2.08. The third-order valence-electron chi connectivity index (χ3n) is 4.20. The molecule has 140 valence electrons. The van der Waals surface area contributed by atoms with Gasteiger partial charge in [-0.2, -0.15) is 0 Å². The molecule has 1 aliphatic rings. The number of hydrogen-bond donors (Lipinski definition) is 2. The zero-order valence-electron chi connectivity index (χ0n) is 15.1. The maximum absolute atomic E-state index is 12.5. The van der Waals surface area contributed by atoms with Crippen molar-refractivity contribution < 1.29 is 19.1 Å². The van der Waals surface area contributed by atoms with Crippen LogP contribution in [0.25, 0.3) is 0 Å². The molecule has 2 N–H and O–H groups in total. The van der Waals surface area contributed by atoms with Gasteiger partial charge in [0, 0.05) is 29.8 Å². The zero-order valence-corrected chi connectivity index (χ0v) is 15.1. The third kappa shape index (κ3) is 3.78. The predicted octanol–water partition coefficient (Wildman–Crippen LogP) is 3.62. The smallest absolute Gasteiger partial charge is 0.257 e. The summed E-state index contributed by atoms with van der Waals surface area (Å²) in [5.41, 5.74) is 2.89. The summed E-state index contributed by atoms with van der Waals surface area (Å²) in [5.74, 6) is 0.488. The molecule has 0 radical (unpaired) electrons. The van der Waals surface area contributed by atoms with Crippen LogP contribution in [0.4, 0.5) is 11.4 Å². The van der Waals surface area contributed by atoms with Crippen LogP contribution >= 0.6 is 0 Å². The molecule has 2 amide bonds. The molecule has 4 rings (SSSR count). The van der Waals surface area contributed by atoms with Crippen molar-refractivity contribution in [3.8, 4) is 11.5 Å². The quantitative estimate of drug-likeness (QED) is 0.727. The van der Waals surface area contributed by atoms with Gasteiger partial charge in [0.1, 0.15) is 0 Å². The summed E-state index contributed by atoms with van der Waals surface area (Å²) in [7, 11) is 0. The minimum absolute atomic E-state index is 0.162. The lowest BCUT2D eigenvalue weighted by molar-refractivity contribution is 0.102. The number of carbonyl (C=O) groups is 2. The average Bonchev–Trinajstić information content (AvgIpc) is 3.17. The van der Waals surface area contributed by atoms with Gasteiger partial charge in [-0.25, -0.2) is 0 Å². The summed E-state index contributed by atoms with van der Waals surface area (Å²) in [6.07, 6.45) is 2.83. The summed E-state index contributed by atoms with van der Waals surface area (Å²) >= 11 is 0. The first-order chi connectivity index (χ1) is 13.6. The van der Waals surface area contributed by atoms with E-state index in [4.69, 9.17) is 9.47 Å². The highest BCUT2D eigenvalue weighted by Crippen LogP contribution is 2.34. The van der Waals surface area contributed by atoms with Crippen LogP contribution in [-0.2, 0) is 0 Å². The van der Waals surface area contributed by atoms with Crippen molar-refractivity contribution in [3.63, 3.8) is 0 Å². The first kappa shape index (κ1) is 17.5. The van der Waals surface area contributed by atoms with Gasteiger partial charge < -0.3 is 20.1 Å². The van der Waals surface area contributed by atoms with Crippen molar-refractivity contribution in [1.82, 2.24) is 4.98 Å². The number of fused-ring (bicyclic) bond motifs is 1. The molecule has 7 heteroatoms. The van der Waals surface area contributed by atoms with Crippen molar-refractivity contribution in [2.45, 2.75) is 6.92 Å². The highest BCUT2D eigenvalue weighted by molar-refractivity contribution is 6.08. The van der Waals surface area contributed by atoms with Gasteiger partial charge in [0.25, 0.3) is 11.8 Å². The van der Waals surface area contributed by atoms with Crippen LogP contribution in [0.3, 0.4) is 0 Å².